The summed E-state index contributed by atoms with van der Waals surface area (Å²) in [6, 6.07) is 7.98. The first-order valence-corrected chi connectivity index (χ1v) is 9.01. The summed E-state index contributed by atoms with van der Waals surface area (Å²) in [5, 5.41) is 9.57. The Balaban J connectivity index is 2.06. The number of rotatable bonds is 4. The minimum atomic E-state index is -3.72. The van der Waals surface area contributed by atoms with E-state index < -0.39 is 10.0 Å². The minimum Gasteiger partial charge on any atom is -0.348 e. The third-order valence-electron chi connectivity index (χ3n) is 2.51. The smallest absolute Gasteiger partial charge is 0.252 e. The lowest BCUT2D eigenvalue weighted by Gasteiger charge is -2.05. The molecule has 0 saturated carbocycles. The van der Waals surface area contributed by atoms with Gasteiger partial charge in [0.25, 0.3) is 5.91 Å². The van der Waals surface area contributed by atoms with Crippen molar-refractivity contribution in [2.24, 2.45) is 5.14 Å². The highest BCUT2D eigenvalue weighted by Crippen LogP contribution is 2.16. The molecule has 1 aromatic carbocycles. The van der Waals surface area contributed by atoms with Crippen molar-refractivity contribution in [3.8, 4) is 0 Å². The van der Waals surface area contributed by atoms with E-state index in [1.165, 1.54) is 23.5 Å². The Labute approximate surface area is 134 Å². The van der Waals surface area contributed by atoms with Crippen molar-refractivity contribution < 1.29 is 13.2 Å². The number of benzene rings is 1. The molecule has 2 rings (SSSR count). The van der Waals surface area contributed by atoms with Gasteiger partial charge in [-0.05, 0) is 46.4 Å². The molecular formula is C12H11IN2O3S2. The lowest BCUT2D eigenvalue weighted by molar-refractivity contribution is 0.0951. The molecule has 0 bridgehead atoms. The van der Waals surface area contributed by atoms with Gasteiger partial charge in [-0.15, -0.1) is 11.3 Å². The second kappa shape index (κ2) is 6.20. The van der Waals surface area contributed by atoms with Crippen LogP contribution in [0.5, 0.6) is 0 Å². The fraction of sp³-hybridized carbons (Fsp3) is 0.0833. The van der Waals surface area contributed by atoms with Crippen LogP contribution in [0.1, 0.15) is 15.9 Å². The van der Waals surface area contributed by atoms with Gasteiger partial charge in [-0.2, -0.15) is 0 Å². The zero-order chi connectivity index (χ0) is 14.8. The van der Waals surface area contributed by atoms with Crippen molar-refractivity contribution in [1.29, 1.82) is 0 Å². The number of sulfonamides is 1. The molecule has 0 fully saturated rings. The van der Waals surface area contributed by atoms with Crippen molar-refractivity contribution in [3.05, 3.63) is 49.7 Å². The van der Waals surface area contributed by atoms with Crippen LogP contribution in [0, 0.1) is 2.88 Å². The van der Waals surface area contributed by atoms with E-state index in [1.54, 1.807) is 23.6 Å². The molecule has 0 aliphatic heterocycles. The lowest BCUT2D eigenvalue weighted by Crippen LogP contribution is -2.22. The quantitative estimate of drug-likeness (QED) is 0.739. The molecule has 1 heterocycles. The van der Waals surface area contributed by atoms with Gasteiger partial charge in [0.05, 0.1) is 13.3 Å². The van der Waals surface area contributed by atoms with E-state index in [1.807, 2.05) is 0 Å². The van der Waals surface area contributed by atoms with Gasteiger partial charge in [-0.3, -0.25) is 4.79 Å². The van der Waals surface area contributed by atoms with E-state index in [2.05, 4.69) is 27.9 Å². The summed E-state index contributed by atoms with van der Waals surface area (Å²) in [6.07, 6.45) is 0. The fourth-order valence-electron chi connectivity index (χ4n) is 1.55. The van der Waals surface area contributed by atoms with Crippen molar-refractivity contribution in [2.45, 2.75) is 11.4 Å². The van der Waals surface area contributed by atoms with Crippen LogP contribution in [0.4, 0.5) is 0 Å². The van der Waals surface area contributed by atoms with Gasteiger partial charge >= 0.3 is 0 Å². The monoisotopic (exact) mass is 422 g/mol. The first-order valence-electron chi connectivity index (χ1n) is 5.50. The van der Waals surface area contributed by atoms with Crippen LogP contribution in [-0.4, -0.2) is 14.3 Å². The molecule has 1 aromatic heterocycles. The first-order chi connectivity index (χ1) is 9.36. The number of thiophene rings is 1. The Morgan fingerprint density at radius 3 is 2.70 bits per heavy atom. The third-order valence-corrected chi connectivity index (χ3v) is 5.21. The van der Waals surface area contributed by atoms with Crippen LogP contribution >= 0.6 is 33.9 Å². The summed E-state index contributed by atoms with van der Waals surface area (Å²) in [4.78, 5) is 11.9. The molecule has 0 unspecified atom stereocenters. The van der Waals surface area contributed by atoms with Crippen molar-refractivity contribution in [1.82, 2.24) is 5.32 Å². The average molecular weight is 422 g/mol. The van der Waals surface area contributed by atoms with E-state index in [0.29, 0.717) is 11.1 Å². The molecule has 0 spiro atoms. The van der Waals surface area contributed by atoms with Crippen molar-refractivity contribution in [2.75, 3.05) is 0 Å². The molecule has 106 valence electrons. The second-order valence-corrected chi connectivity index (χ2v) is 8.38. The Hall–Kier alpha value is -0.970. The topological polar surface area (TPSA) is 89.3 Å². The van der Waals surface area contributed by atoms with Crippen LogP contribution < -0.4 is 10.5 Å². The molecule has 0 radical (unpaired) electrons. The fourth-order valence-corrected chi connectivity index (χ4v) is 3.46. The summed E-state index contributed by atoms with van der Waals surface area (Å²) >= 11 is 3.64. The first kappa shape index (κ1) is 15.4. The maximum Gasteiger partial charge on any atom is 0.252 e. The van der Waals surface area contributed by atoms with E-state index in [9.17, 15) is 13.2 Å². The van der Waals surface area contributed by atoms with Crippen LogP contribution in [0.2, 0.25) is 0 Å². The highest BCUT2D eigenvalue weighted by molar-refractivity contribution is 14.1. The minimum absolute atomic E-state index is 0.0364. The van der Waals surface area contributed by atoms with Crippen molar-refractivity contribution in [3.63, 3.8) is 0 Å². The molecule has 0 aliphatic carbocycles. The largest absolute Gasteiger partial charge is 0.348 e. The molecule has 0 saturated heterocycles. The Morgan fingerprint density at radius 2 is 2.10 bits per heavy atom. The Kier molecular flexibility index (Phi) is 4.78. The van der Waals surface area contributed by atoms with Crippen LogP contribution in [-0.2, 0) is 16.6 Å². The maximum atomic E-state index is 11.9. The van der Waals surface area contributed by atoms with Gasteiger partial charge in [-0.1, -0.05) is 12.1 Å². The van der Waals surface area contributed by atoms with Crippen LogP contribution in [0.15, 0.2) is 40.6 Å². The highest BCUT2D eigenvalue weighted by Gasteiger charge is 2.10. The molecule has 3 N–H and O–H groups in total. The molecule has 1 amide bonds. The number of nitrogens with two attached hydrogens (primary N) is 1. The standard InChI is InChI=1S/C12H11IN2O3S2/c13-11-5-9(7-19-11)12(16)15-6-8-2-1-3-10(4-8)20(14,17)18/h1-5,7H,6H2,(H,15,16)(H2,14,17,18). The van der Waals surface area contributed by atoms with Gasteiger partial charge in [0.2, 0.25) is 10.0 Å². The summed E-state index contributed by atoms with van der Waals surface area (Å²) in [5.41, 5.74) is 1.27. The molecule has 8 heteroatoms. The number of halogens is 1. The van der Waals surface area contributed by atoms with E-state index in [-0.39, 0.29) is 17.3 Å². The predicted octanol–water partition coefficient (Wildman–Crippen LogP) is 1.93. The lowest BCUT2D eigenvalue weighted by atomic mass is 10.2. The summed E-state index contributed by atoms with van der Waals surface area (Å²) < 4.78 is 23.5. The maximum absolute atomic E-state index is 11.9. The molecule has 5 nitrogen and oxygen atoms in total. The number of primary sulfonamides is 1. The van der Waals surface area contributed by atoms with Gasteiger partial charge in [0.1, 0.15) is 0 Å². The highest BCUT2D eigenvalue weighted by atomic mass is 127. The van der Waals surface area contributed by atoms with E-state index in [0.717, 1.165) is 2.88 Å². The van der Waals surface area contributed by atoms with Gasteiger partial charge in [0, 0.05) is 11.9 Å². The van der Waals surface area contributed by atoms with Crippen LogP contribution in [0.25, 0.3) is 0 Å². The Morgan fingerprint density at radius 1 is 1.35 bits per heavy atom. The third kappa shape index (κ3) is 4.01. The van der Waals surface area contributed by atoms with Crippen LogP contribution in [0.3, 0.4) is 0 Å². The van der Waals surface area contributed by atoms with Gasteiger partial charge in [0.15, 0.2) is 0 Å². The van der Waals surface area contributed by atoms with Crippen molar-refractivity contribution >= 4 is 49.9 Å². The van der Waals surface area contributed by atoms with E-state index >= 15 is 0 Å². The Bertz CT molecular complexity index is 741. The number of carbonyl (C=O) groups is 1. The number of hydrogen-bond donors (Lipinski definition) is 2. The summed E-state index contributed by atoms with van der Waals surface area (Å²) in [6.45, 7) is 0.245. The van der Waals surface area contributed by atoms with Gasteiger partial charge < -0.3 is 5.32 Å². The molecular weight excluding hydrogens is 411 g/mol. The zero-order valence-corrected chi connectivity index (χ0v) is 14.0. The molecule has 0 atom stereocenters. The summed E-state index contributed by atoms with van der Waals surface area (Å²) in [7, 11) is -3.72. The number of carbonyl (C=O) groups excluding carboxylic acids is 1. The average Bonchev–Trinajstić information content (AvgIpc) is 2.82. The second-order valence-electron chi connectivity index (χ2n) is 4.01. The SMILES string of the molecule is NS(=O)(=O)c1cccc(CNC(=O)c2csc(I)c2)c1. The molecule has 20 heavy (non-hydrogen) atoms. The predicted molar refractivity (Wildman–Crippen MR) is 86.0 cm³/mol. The normalized spacial score (nSPS) is 11.3. The van der Waals surface area contributed by atoms with E-state index in [4.69, 9.17) is 5.14 Å². The summed E-state index contributed by atoms with van der Waals surface area (Å²) in [5.74, 6) is -0.190. The number of hydrogen-bond acceptors (Lipinski definition) is 4. The molecule has 0 aliphatic rings. The number of nitrogens with one attached hydrogen (secondary N) is 1. The zero-order valence-electron chi connectivity index (χ0n) is 10.2. The number of amides is 1. The molecule has 2 aromatic rings. The van der Waals surface area contributed by atoms with Gasteiger partial charge in [-0.25, -0.2) is 13.6 Å².